The van der Waals surface area contributed by atoms with Crippen molar-refractivity contribution in [1.82, 2.24) is 0 Å². The third-order valence-electron chi connectivity index (χ3n) is 4.34. The second-order valence-electron chi connectivity index (χ2n) is 8.59. The Morgan fingerprint density at radius 2 is 1.47 bits per heavy atom. The van der Waals surface area contributed by atoms with Crippen LogP contribution in [0.2, 0.25) is 0 Å². The lowest BCUT2D eigenvalue weighted by Gasteiger charge is -2.43. The van der Waals surface area contributed by atoms with Crippen LogP contribution in [0.3, 0.4) is 0 Å². The molecule has 0 aromatic rings. The molecule has 0 aromatic carbocycles. The summed E-state index contributed by atoms with van der Waals surface area (Å²) < 4.78 is 11.8. The Morgan fingerprint density at radius 1 is 0.895 bits per heavy atom. The maximum Gasteiger partial charge on any atom is 0.0608 e. The normalized spacial score (nSPS) is 32.4. The van der Waals surface area contributed by atoms with Crippen LogP contribution in [-0.2, 0) is 9.47 Å². The number of ether oxygens (including phenoxy) is 2. The molecule has 112 valence electrons. The van der Waals surface area contributed by atoms with E-state index in [1.54, 1.807) is 0 Å². The summed E-state index contributed by atoms with van der Waals surface area (Å²) in [4.78, 5) is 0. The van der Waals surface area contributed by atoms with Crippen LogP contribution in [-0.4, -0.2) is 24.9 Å². The summed E-state index contributed by atoms with van der Waals surface area (Å²) in [5.41, 5.74) is 0.745. The highest BCUT2D eigenvalue weighted by Gasteiger charge is 2.37. The molecule has 0 spiro atoms. The van der Waals surface area contributed by atoms with Crippen molar-refractivity contribution < 1.29 is 9.47 Å². The van der Waals surface area contributed by atoms with Gasteiger partial charge in [-0.3, -0.25) is 0 Å². The molecule has 2 rings (SSSR count). The lowest BCUT2D eigenvalue weighted by atomic mass is 9.77. The molecule has 0 aromatic heterocycles. The van der Waals surface area contributed by atoms with Crippen molar-refractivity contribution in [3.05, 3.63) is 0 Å². The van der Waals surface area contributed by atoms with Crippen LogP contribution in [0.25, 0.3) is 0 Å². The van der Waals surface area contributed by atoms with E-state index in [-0.39, 0.29) is 0 Å². The quantitative estimate of drug-likeness (QED) is 0.727. The van der Waals surface area contributed by atoms with Gasteiger partial charge in [0, 0.05) is 6.61 Å². The molecule has 2 aliphatic rings. The van der Waals surface area contributed by atoms with E-state index in [1.807, 2.05) is 0 Å². The van der Waals surface area contributed by atoms with Gasteiger partial charge in [0.2, 0.25) is 0 Å². The molecular weight excluding hydrogens is 236 g/mol. The highest BCUT2D eigenvalue weighted by molar-refractivity contribution is 4.87. The van der Waals surface area contributed by atoms with E-state index in [2.05, 4.69) is 34.6 Å². The Kier molecular flexibility index (Phi) is 4.62. The first-order valence-electron chi connectivity index (χ1n) is 8.01. The Morgan fingerprint density at radius 3 is 2.00 bits per heavy atom. The van der Waals surface area contributed by atoms with Gasteiger partial charge in [-0.05, 0) is 49.4 Å². The Labute approximate surface area is 119 Å². The minimum atomic E-state index is 0.354. The SMILES string of the molecule is CC(C)(C)CC1CC(CC(C)(C)CC2CCCO2)O1. The molecule has 0 amide bonds. The van der Waals surface area contributed by atoms with Gasteiger partial charge in [-0.25, -0.2) is 0 Å². The van der Waals surface area contributed by atoms with Gasteiger partial charge in [0.05, 0.1) is 18.3 Å². The predicted molar refractivity (Wildman–Crippen MR) is 79.3 cm³/mol. The smallest absolute Gasteiger partial charge is 0.0608 e. The zero-order valence-electron chi connectivity index (χ0n) is 13.5. The molecule has 2 fully saturated rings. The standard InChI is InChI=1S/C17H32O2/c1-16(2,3)10-14-9-15(19-14)12-17(4,5)11-13-7-6-8-18-13/h13-15H,6-12H2,1-5H3. The van der Waals surface area contributed by atoms with Gasteiger partial charge in [0.15, 0.2) is 0 Å². The monoisotopic (exact) mass is 268 g/mol. The van der Waals surface area contributed by atoms with Crippen LogP contribution in [0.5, 0.6) is 0 Å². The molecule has 0 N–H and O–H groups in total. The minimum Gasteiger partial charge on any atom is -0.378 e. The molecule has 2 saturated heterocycles. The first-order valence-corrected chi connectivity index (χ1v) is 8.01. The predicted octanol–water partition coefficient (Wildman–Crippen LogP) is 4.57. The van der Waals surface area contributed by atoms with Crippen molar-refractivity contribution in [2.24, 2.45) is 10.8 Å². The summed E-state index contributed by atoms with van der Waals surface area (Å²) in [6.07, 6.45) is 8.81. The third-order valence-corrected chi connectivity index (χ3v) is 4.34. The average Bonchev–Trinajstić information content (AvgIpc) is 2.63. The zero-order chi connectivity index (χ0) is 14.1. The molecular formula is C17H32O2. The van der Waals surface area contributed by atoms with Gasteiger partial charge in [0.25, 0.3) is 0 Å². The second kappa shape index (κ2) is 5.73. The molecule has 2 heterocycles. The molecule has 0 bridgehead atoms. The van der Waals surface area contributed by atoms with Crippen LogP contribution < -0.4 is 0 Å². The molecule has 2 heteroatoms. The Balaban J connectivity index is 1.67. The van der Waals surface area contributed by atoms with Crippen molar-refractivity contribution in [3.8, 4) is 0 Å². The van der Waals surface area contributed by atoms with Crippen molar-refractivity contribution in [3.63, 3.8) is 0 Å². The average molecular weight is 268 g/mol. The minimum absolute atomic E-state index is 0.354. The lowest BCUT2D eigenvalue weighted by Crippen LogP contribution is -2.42. The second-order valence-corrected chi connectivity index (χ2v) is 8.59. The van der Waals surface area contributed by atoms with Crippen LogP contribution in [0.1, 0.15) is 73.1 Å². The maximum atomic E-state index is 6.07. The van der Waals surface area contributed by atoms with Crippen LogP contribution in [0, 0.1) is 10.8 Å². The van der Waals surface area contributed by atoms with Gasteiger partial charge >= 0.3 is 0 Å². The third kappa shape index (κ3) is 5.07. The summed E-state index contributed by atoms with van der Waals surface area (Å²) in [6.45, 7) is 12.6. The van der Waals surface area contributed by atoms with E-state index in [0.717, 1.165) is 6.61 Å². The van der Waals surface area contributed by atoms with Crippen molar-refractivity contribution in [2.75, 3.05) is 6.61 Å². The van der Waals surface area contributed by atoms with Gasteiger partial charge in [-0.15, -0.1) is 0 Å². The summed E-state index contributed by atoms with van der Waals surface area (Å²) in [6, 6.07) is 0. The Bertz CT molecular complexity index is 278. The van der Waals surface area contributed by atoms with Crippen molar-refractivity contribution in [2.45, 2.75) is 91.5 Å². The van der Waals surface area contributed by atoms with Gasteiger partial charge in [0.1, 0.15) is 0 Å². The van der Waals surface area contributed by atoms with E-state index in [0.29, 0.717) is 29.1 Å². The molecule has 2 aliphatic heterocycles. The summed E-state index contributed by atoms with van der Waals surface area (Å²) in [5.74, 6) is 0. The molecule has 0 radical (unpaired) electrons. The van der Waals surface area contributed by atoms with Crippen molar-refractivity contribution in [1.29, 1.82) is 0 Å². The van der Waals surface area contributed by atoms with Crippen LogP contribution in [0.15, 0.2) is 0 Å². The first kappa shape index (κ1) is 15.3. The topological polar surface area (TPSA) is 18.5 Å². The molecule has 2 nitrogen and oxygen atoms in total. The van der Waals surface area contributed by atoms with E-state index >= 15 is 0 Å². The molecule has 3 unspecified atom stereocenters. The fourth-order valence-electron chi connectivity index (χ4n) is 3.62. The summed E-state index contributed by atoms with van der Waals surface area (Å²) in [7, 11) is 0. The highest BCUT2D eigenvalue weighted by atomic mass is 16.5. The molecule has 19 heavy (non-hydrogen) atoms. The number of rotatable bonds is 5. The van der Waals surface area contributed by atoms with Crippen LogP contribution >= 0.6 is 0 Å². The fourth-order valence-corrected chi connectivity index (χ4v) is 3.62. The van der Waals surface area contributed by atoms with Gasteiger partial charge in [-0.1, -0.05) is 34.6 Å². The number of hydrogen-bond donors (Lipinski definition) is 0. The lowest BCUT2D eigenvalue weighted by molar-refractivity contribution is -0.152. The first-order chi connectivity index (χ1) is 8.73. The number of hydrogen-bond acceptors (Lipinski definition) is 2. The summed E-state index contributed by atoms with van der Waals surface area (Å²) >= 11 is 0. The van der Waals surface area contributed by atoms with E-state index in [4.69, 9.17) is 9.47 Å². The largest absolute Gasteiger partial charge is 0.378 e. The van der Waals surface area contributed by atoms with E-state index < -0.39 is 0 Å². The summed E-state index contributed by atoms with van der Waals surface area (Å²) in [5, 5.41) is 0. The van der Waals surface area contributed by atoms with E-state index in [1.165, 1.54) is 38.5 Å². The van der Waals surface area contributed by atoms with Crippen molar-refractivity contribution >= 4 is 0 Å². The van der Waals surface area contributed by atoms with E-state index in [9.17, 15) is 0 Å². The Hall–Kier alpha value is -0.0800. The molecule has 0 aliphatic carbocycles. The fraction of sp³-hybridized carbons (Fsp3) is 1.00. The molecule has 0 saturated carbocycles. The van der Waals surface area contributed by atoms with Gasteiger partial charge < -0.3 is 9.47 Å². The van der Waals surface area contributed by atoms with Gasteiger partial charge in [-0.2, -0.15) is 0 Å². The maximum absolute atomic E-state index is 6.07. The molecule has 3 atom stereocenters. The highest BCUT2D eigenvalue weighted by Crippen LogP contribution is 2.40. The van der Waals surface area contributed by atoms with Crippen LogP contribution in [0.4, 0.5) is 0 Å². The zero-order valence-corrected chi connectivity index (χ0v) is 13.5.